The molecule has 0 fully saturated rings. The monoisotopic (exact) mass is 300 g/mol. The topological polar surface area (TPSA) is 62.0 Å². The number of rotatable bonds is 4. The Morgan fingerprint density at radius 3 is 2.52 bits per heavy atom. The van der Waals surface area contributed by atoms with Gasteiger partial charge in [0.15, 0.2) is 9.84 Å². The third-order valence-corrected chi connectivity index (χ3v) is 4.53. The number of benzene rings is 2. The Morgan fingerprint density at radius 2 is 1.81 bits per heavy atom. The Balaban J connectivity index is 1.72. The zero-order chi connectivity index (χ0) is 14.9. The molecule has 3 rings (SSSR count). The lowest BCUT2D eigenvalue weighted by atomic mass is 10.1. The van der Waals surface area contributed by atoms with E-state index in [1.165, 1.54) is 17.2 Å². The molecule has 2 N–H and O–H groups in total. The van der Waals surface area contributed by atoms with Crippen molar-refractivity contribution in [1.29, 1.82) is 0 Å². The van der Waals surface area contributed by atoms with E-state index in [9.17, 15) is 8.42 Å². The number of hydrogen-bond acceptors (Lipinski definition) is 3. The van der Waals surface area contributed by atoms with E-state index in [0.717, 1.165) is 11.2 Å². The molecule has 0 atom stereocenters. The van der Waals surface area contributed by atoms with Crippen molar-refractivity contribution in [2.75, 3.05) is 11.6 Å². The van der Waals surface area contributed by atoms with Crippen molar-refractivity contribution in [3.05, 3.63) is 60.3 Å². The van der Waals surface area contributed by atoms with E-state index < -0.39 is 9.84 Å². The zero-order valence-electron chi connectivity index (χ0n) is 11.6. The Morgan fingerprint density at radius 1 is 1.05 bits per heavy atom. The van der Waals surface area contributed by atoms with Gasteiger partial charge in [-0.05, 0) is 53.4 Å². The van der Waals surface area contributed by atoms with Crippen LogP contribution >= 0.6 is 0 Å². The smallest absolute Gasteiger partial charge is 0.175 e. The van der Waals surface area contributed by atoms with Crippen LogP contribution in [0.5, 0.6) is 0 Å². The lowest BCUT2D eigenvalue weighted by Crippen LogP contribution is -2.01. The number of aromatic amines is 1. The van der Waals surface area contributed by atoms with Crippen LogP contribution in [-0.2, 0) is 16.4 Å². The number of fused-ring (bicyclic) bond motifs is 1. The van der Waals surface area contributed by atoms with E-state index in [1.54, 1.807) is 24.3 Å². The number of nitrogens with one attached hydrogen (secondary N) is 2. The summed E-state index contributed by atoms with van der Waals surface area (Å²) in [4.78, 5) is 3.50. The summed E-state index contributed by atoms with van der Waals surface area (Å²) in [6, 6.07) is 15.1. The summed E-state index contributed by atoms with van der Waals surface area (Å²) in [7, 11) is -3.14. The second-order valence-corrected chi connectivity index (χ2v) is 7.07. The van der Waals surface area contributed by atoms with Gasteiger partial charge in [-0.2, -0.15) is 0 Å². The first-order valence-corrected chi connectivity index (χ1v) is 8.51. The number of H-pyrrole nitrogens is 1. The summed E-state index contributed by atoms with van der Waals surface area (Å²) in [5, 5.41) is 4.47. The highest BCUT2D eigenvalue weighted by atomic mass is 32.2. The summed E-state index contributed by atoms with van der Waals surface area (Å²) >= 11 is 0. The number of sulfone groups is 1. The third kappa shape index (κ3) is 3.08. The van der Waals surface area contributed by atoms with E-state index in [0.29, 0.717) is 11.4 Å². The highest BCUT2D eigenvalue weighted by molar-refractivity contribution is 7.90. The molecule has 4 nitrogen and oxygen atoms in total. The van der Waals surface area contributed by atoms with Gasteiger partial charge >= 0.3 is 0 Å². The van der Waals surface area contributed by atoms with Crippen molar-refractivity contribution in [3.63, 3.8) is 0 Å². The molecule has 0 aliphatic heterocycles. The maximum atomic E-state index is 11.4. The van der Waals surface area contributed by atoms with Crippen LogP contribution in [0.2, 0.25) is 0 Å². The minimum atomic E-state index is -3.14. The first-order valence-electron chi connectivity index (χ1n) is 6.62. The average Bonchev–Trinajstić information content (AvgIpc) is 2.92. The predicted octanol–water partition coefficient (Wildman–Crippen LogP) is 3.18. The molecule has 1 aromatic heterocycles. The van der Waals surface area contributed by atoms with Crippen LogP contribution in [0.3, 0.4) is 0 Å². The summed E-state index contributed by atoms with van der Waals surface area (Å²) in [6.45, 7) is 0.694. The molecule has 5 heteroatoms. The molecule has 0 spiro atoms. The molecule has 0 radical (unpaired) electrons. The molecule has 0 saturated heterocycles. The van der Waals surface area contributed by atoms with Gasteiger partial charge in [-0.3, -0.25) is 0 Å². The average molecular weight is 300 g/mol. The summed E-state index contributed by atoms with van der Waals surface area (Å²) in [5.41, 5.74) is 3.20. The van der Waals surface area contributed by atoms with Gasteiger partial charge in [0.1, 0.15) is 0 Å². The van der Waals surface area contributed by atoms with E-state index in [2.05, 4.69) is 28.5 Å². The molecule has 0 bridgehead atoms. The molecule has 0 aliphatic carbocycles. The van der Waals surface area contributed by atoms with E-state index in [1.807, 2.05) is 12.3 Å². The Labute approximate surface area is 123 Å². The Bertz CT molecular complexity index is 865. The number of anilines is 1. The SMILES string of the molecule is CS(=O)(=O)c1ccc(NCc2ccc3[nH]ccc3c2)cc1. The van der Waals surface area contributed by atoms with Crippen molar-refractivity contribution in [3.8, 4) is 0 Å². The van der Waals surface area contributed by atoms with Gasteiger partial charge in [-0.25, -0.2) is 8.42 Å². The second-order valence-electron chi connectivity index (χ2n) is 5.05. The van der Waals surface area contributed by atoms with Gasteiger partial charge in [-0.15, -0.1) is 0 Å². The third-order valence-electron chi connectivity index (χ3n) is 3.40. The zero-order valence-corrected chi connectivity index (χ0v) is 12.4. The van der Waals surface area contributed by atoms with Crippen LogP contribution in [-0.4, -0.2) is 19.7 Å². The minimum Gasteiger partial charge on any atom is -0.381 e. The maximum Gasteiger partial charge on any atom is 0.175 e. The molecule has 1 heterocycles. The van der Waals surface area contributed by atoms with Crippen molar-refractivity contribution < 1.29 is 8.42 Å². The molecular formula is C16H16N2O2S. The van der Waals surface area contributed by atoms with E-state index in [4.69, 9.17) is 0 Å². The largest absolute Gasteiger partial charge is 0.381 e. The predicted molar refractivity (Wildman–Crippen MR) is 85.2 cm³/mol. The van der Waals surface area contributed by atoms with Gasteiger partial charge < -0.3 is 10.3 Å². The van der Waals surface area contributed by atoms with Crippen molar-refractivity contribution in [2.24, 2.45) is 0 Å². The van der Waals surface area contributed by atoms with Crippen molar-refractivity contribution >= 4 is 26.4 Å². The standard InChI is InChI=1S/C16H16N2O2S/c1-21(19,20)15-5-3-14(4-6-15)18-11-12-2-7-16-13(10-12)8-9-17-16/h2-10,17-18H,11H2,1H3. The molecule has 0 unspecified atom stereocenters. The van der Waals surface area contributed by atoms with Gasteiger partial charge in [0.05, 0.1) is 4.90 Å². The van der Waals surface area contributed by atoms with Crippen LogP contribution in [0.4, 0.5) is 5.69 Å². The van der Waals surface area contributed by atoms with Crippen LogP contribution in [0.15, 0.2) is 59.6 Å². The van der Waals surface area contributed by atoms with Crippen LogP contribution in [0.25, 0.3) is 10.9 Å². The fourth-order valence-electron chi connectivity index (χ4n) is 2.24. The molecule has 108 valence electrons. The summed E-state index contributed by atoms with van der Waals surface area (Å²) in [5.74, 6) is 0. The van der Waals surface area contributed by atoms with Gasteiger partial charge in [0, 0.05) is 30.2 Å². The molecule has 0 amide bonds. The van der Waals surface area contributed by atoms with Gasteiger partial charge in [0.25, 0.3) is 0 Å². The van der Waals surface area contributed by atoms with Crippen LogP contribution < -0.4 is 5.32 Å². The van der Waals surface area contributed by atoms with E-state index >= 15 is 0 Å². The molecule has 3 aromatic rings. The van der Waals surface area contributed by atoms with Crippen LogP contribution in [0, 0.1) is 0 Å². The lowest BCUT2D eigenvalue weighted by Gasteiger charge is -2.07. The van der Waals surface area contributed by atoms with E-state index in [-0.39, 0.29) is 0 Å². The Kier molecular flexibility index (Phi) is 3.43. The highest BCUT2D eigenvalue weighted by Crippen LogP contribution is 2.17. The van der Waals surface area contributed by atoms with Crippen molar-refractivity contribution in [2.45, 2.75) is 11.4 Å². The second kappa shape index (κ2) is 5.26. The first kappa shape index (κ1) is 13.7. The van der Waals surface area contributed by atoms with Gasteiger partial charge in [-0.1, -0.05) is 6.07 Å². The molecule has 21 heavy (non-hydrogen) atoms. The first-order chi connectivity index (χ1) is 10.0. The van der Waals surface area contributed by atoms with Crippen LogP contribution in [0.1, 0.15) is 5.56 Å². The Hall–Kier alpha value is -2.27. The normalized spacial score (nSPS) is 11.7. The molecule has 0 aliphatic rings. The van der Waals surface area contributed by atoms with Gasteiger partial charge in [0.2, 0.25) is 0 Å². The molecule has 2 aromatic carbocycles. The van der Waals surface area contributed by atoms with Crippen molar-refractivity contribution in [1.82, 2.24) is 4.98 Å². The quantitative estimate of drug-likeness (QED) is 0.778. The number of aromatic nitrogens is 1. The number of hydrogen-bond donors (Lipinski definition) is 2. The fourth-order valence-corrected chi connectivity index (χ4v) is 2.87. The highest BCUT2D eigenvalue weighted by Gasteiger charge is 2.06. The lowest BCUT2D eigenvalue weighted by molar-refractivity contribution is 0.602. The maximum absolute atomic E-state index is 11.4. The summed E-state index contributed by atoms with van der Waals surface area (Å²) in [6.07, 6.45) is 3.13. The minimum absolute atomic E-state index is 0.335. The fraction of sp³-hybridized carbons (Fsp3) is 0.125. The summed E-state index contributed by atoms with van der Waals surface area (Å²) < 4.78 is 22.8. The molecule has 0 saturated carbocycles. The molecular weight excluding hydrogens is 284 g/mol.